The van der Waals surface area contributed by atoms with Gasteiger partial charge in [0.15, 0.2) is 9.84 Å². The second-order valence-electron chi connectivity index (χ2n) is 12.4. The lowest BCUT2D eigenvalue weighted by atomic mass is 9.88. The number of piperidine rings is 1. The fourth-order valence-corrected chi connectivity index (χ4v) is 8.90. The molecule has 2 fully saturated rings. The molecular formula is C34H44N4O9S2. The highest BCUT2D eigenvalue weighted by Crippen LogP contribution is 2.39. The minimum Gasteiger partial charge on any atom is -0.492 e. The van der Waals surface area contributed by atoms with E-state index >= 15 is 0 Å². The third-order valence-electron chi connectivity index (χ3n) is 8.81. The molecule has 3 aromatic carbocycles. The van der Waals surface area contributed by atoms with Gasteiger partial charge >= 0.3 is 0 Å². The van der Waals surface area contributed by atoms with Gasteiger partial charge in [-0.25, -0.2) is 16.8 Å². The highest BCUT2D eigenvalue weighted by molar-refractivity contribution is 7.92. The number of rotatable bonds is 15. The van der Waals surface area contributed by atoms with Crippen LogP contribution < -0.4 is 26.3 Å². The van der Waals surface area contributed by atoms with Gasteiger partial charge in [-0.2, -0.15) is 4.31 Å². The summed E-state index contributed by atoms with van der Waals surface area (Å²) in [4.78, 5) is 11.1. The lowest BCUT2D eigenvalue weighted by molar-refractivity contribution is -0.115. The van der Waals surface area contributed by atoms with E-state index in [0.717, 1.165) is 16.7 Å². The summed E-state index contributed by atoms with van der Waals surface area (Å²) in [7, 11) is -7.76. The Kier molecular flexibility index (Phi) is 11.6. The molecule has 2 aliphatic heterocycles. The molecule has 0 unspecified atom stereocenters. The van der Waals surface area contributed by atoms with Gasteiger partial charge in [-0.15, -0.1) is 0 Å². The summed E-state index contributed by atoms with van der Waals surface area (Å²) in [6.45, 7) is 3.68. The minimum atomic E-state index is -3.89. The number of amides is 1. The van der Waals surface area contributed by atoms with Gasteiger partial charge in [0.1, 0.15) is 34.9 Å². The lowest BCUT2D eigenvalue weighted by Crippen LogP contribution is -2.47. The molecule has 0 aromatic heterocycles. The zero-order valence-electron chi connectivity index (χ0n) is 27.4. The highest BCUT2D eigenvalue weighted by Gasteiger charge is 2.45. The quantitative estimate of drug-likeness (QED) is 0.179. The zero-order chi connectivity index (χ0) is 35.2. The van der Waals surface area contributed by atoms with E-state index in [4.69, 9.17) is 25.7 Å². The fraction of sp³-hybridized carbons (Fsp3) is 0.441. The summed E-state index contributed by atoms with van der Waals surface area (Å²) >= 11 is 0. The van der Waals surface area contributed by atoms with Crippen molar-refractivity contribution < 1.29 is 40.9 Å². The molecule has 2 saturated heterocycles. The lowest BCUT2D eigenvalue weighted by Gasteiger charge is -2.38. The summed E-state index contributed by atoms with van der Waals surface area (Å²) in [6.07, 6.45) is 0.806. The van der Waals surface area contributed by atoms with Gasteiger partial charge < -0.3 is 36.1 Å². The van der Waals surface area contributed by atoms with Gasteiger partial charge in [0.05, 0.1) is 23.7 Å². The SMILES string of the molecule is CCOc1ccc(-c2ccc(CN)cc2)cc1S(=O)(=O)N1CCC2(CC1)C[C@@H](NC[C@H](O)COc1cccc(S(=O)(=O)CC(N)=O)c1)CO2. The first-order valence-corrected chi connectivity index (χ1v) is 19.3. The van der Waals surface area contributed by atoms with Crippen molar-refractivity contribution in [1.82, 2.24) is 9.62 Å². The Balaban J connectivity index is 1.14. The van der Waals surface area contributed by atoms with Crippen LogP contribution in [0.3, 0.4) is 0 Å². The first kappa shape index (κ1) is 36.7. The molecule has 15 heteroatoms. The molecular weight excluding hydrogens is 673 g/mol. The van der Waals surface area contributed by atoms with Crippen molar-refractivity contribution in [1.29, 1.82) is 0 Å². The maximum atomic E-state index is 14.0. The highest BCUT2D eigenvalue weighted by atomic mass is 32.2. The molecule has 49 heavy (non-hydrogen) atoms. The van der Waals surface area contributed by atoms with Crippen molar-refractivity contribution in [3.05, 3.63) is 72.3 Å². The van der Waals surface area contributed by atoms with Crippen LogP contribution in [0.25, 0.3) is 11.1 Å². The molecule has 5 rings (SSSR count). The monoisotopic (exact) mass is 716 g/mol. The van der Waals surface area contributed by atoms with E-state index < -0.39 is 43.2 Å². The van der Waals surface area contributed by atoms with Crippen LogP contribution >= 0.6 is 0 Å². The average Bonchev–Trinajstić information content (AvgIpc) is 3.48. The molecule has 266 valence electrons. The molecule has 13 nitrogen and oxygen atoms in total. The van der Waals surface area contributed by atoms with E-state index in [2.05, 4.69) is 5.32 Å². The summed E-state index contributed by atoms with van der Waals surface area (Å²) in [5, 5.41) is 13.8. The van der Waals surface area contributed by atoms with Crippen LogP contribution in [0, 0.1) is 0 Å². The Morgan fingerprint density at radius 3 is 2.43 bits per heavy atom. The van der Waals surface area contributed by atoms with Crippen molar-refractivity contribution in [3.63, 3.8) is 0 Å². The van der Waals surface area contributed by atoms with Gasteiger partial charge in [-0.3, -0.25) is 4.79 Å². The zero-order valence-corrected chi connectivity index (χ0v) is 29.0. The maximum Gasteiger partial charge on any atom is 0.246 e. The second kappa shape index (κ2) is 15.5. The van der Waals surface area contributed by atoms with E-state index in [-0.39, 0.29) is 34.7 Å². The van der Waals surface area contributed by atoms with E-state index in [0.29, 0.717) is 57.9 Å². The Hall–Kier alpha value is -3.57. The number of hydrogen-bond donors (Lipinski definition) is 4. The van der Waals surface area contributed by atoms with Crippen LogP contribution in [-0.2, 0) is 35.9 Å². The summed E-state index contributed by atoms with van der Waals surface area (Å²) in [5.74, 6) is -1.22. The van der Waals surface area contributed by atoms with Gasteiger partial charge in [-0.1, -0.05) is 36.4 Å². The van der Waals surface area contributed by atoms with Crippen molar-refractivity contribution in [2.24, 2.45) is 11.5 Å². The number of sulfone groups is 1. The van der Waals surface area contributed by atoms with Crippen LogP contribution in [0.1, 0.15) is 31.7 Å². The van der Waals surface area contributed by atoms with Gasteiger partial charge in [0.2, 0.25) is 15.9 Å². The number of carbonyl (C=O) groups excluding carboxylic acids is 1. The smallest absolute Gasteiger partial charge is 0.246 e. The fourth-order valence-electron chi connectivity index (χ4n) is 6.18. The maximum absolute atomic E-state index is 14.0. The molecule has 0 aliphatic carbocycles. The molecule has 3 aromatic rings. The van der Waals surface area contributed by atoms with E-state index in [1.165, 1.54) is 22.5 Å². The van der Waals surface area contributed by atoms with Crippen LogP contribution in [0.2, 0.25) is 0 Å². The first-order chi connectivity index (χ1) is 23.3. The number of aliphatic hydroxyl groups is 1. The van der Waals surface area contributed by atoms with Crippen molar-refractivity contribution in [3.8, 4) is 22.6 Å². The van der Waals surface area contributed by atoms with Crippen LogP contribution in [0.5, 0.6) is 11.5 Å². The number of hydrogen-bond acceptors (Lipinski definition) is 11. The van der Waals surface area contributed by atoms with Crippen molar-refractivity contribution >= 4 is 25.8 Å². The molecule has 6 N–H and O–H groups in total. The number of ether oxygens (including phenoxy) is 3. The molecule has 2 atom stereocenters. The van der Waals surface area contributed by atoms with Gasteiger partial charge in [0.25, 0.3) is 0 Å². The normalized spacial score (nSPS) is 18.7. The Labute approximate surface area is 287 Å². The summed E-state index contributed by atoms with van der Waals surface area (Å²) in [6, 6.07) is 18.6. The molecule has 0 saturated carbocycles. The predicted molar refractivity (Wildman–Crippen MR) is 183 cm³/mol. The van der Waals surface area contributed by atoms with E-state index in [1.54, 1.807) is 18.2 Å². The first-order valence-electron chi connectivity index (χ1n) is 16.2. The third-order valence-corrected chi connectivity index (χ3v) is 12.4. The van der Waals surface area contributed by atoms with Crippen LogP contribution in [0.15, 0.2) is 76.5 Å². The third kappa shape index (κ3) is 8.97. The standard InChI is InChI=1S/C34H44N4O9S2/c1-2-45-31-11-10-26(25-8-6-24(19-35)7-9-25)16-32(31)49(43,44)38-14-12-34(13-15-38)18-27(21-47-34)37-20-28(39)22-46-29-4-3-5-30(17-29)48(41,42)23-33(36)40/h3-11,16-17,27-28,37,39H,2,12-15,18-23,35H2,1H3,(H2,36,40)/t27-,28+/m1/s1. The van der Waals surface area contributed by atoms with E-state index in [9.17, 15) is 26.7 Å². The Morgan fingerprint density at radius 2 is 1.76 bits per heavy atom. The number of primary amides is 1. The molecule has 2 heterocycles. The minimum absolute atomic E-state index is 0.0491. The van der Waals surface area contributed by atoms with Crippen LogP contribution in [-0.4, -0.2) is 95.1 Å². The van der Waals surface area contributed by atoms with Crippen molar-refractivity contribution in [2.45, 2.75) is 60.3 Å². The summed E-state index contributed by atoms with van der Waals surface area (Å²) < 4.78 is 71.6. The molecule has 0 bridgehead atoms. The average molecular weight is 717 g/mol. The number of benzene rings is 3. The number of carbonyl (C=O) groups is 1. The van der Waals surface area contributed by atoms with Crippen molar-refractivity contribution in [2.75, 3.05) is 45.2 Å². The topological polar surface area (TPSA) is 201 Å². The molecule has 1 amide bonds. The number of sulfonamides is 1. The van der Waals surface area contributed by atoms with Gasteiger partial charge in [0, 0.05) is 32.2 Å². The van der Waals surface area contributed by atoms with Gasteiger partial charge in [-0.05, 0) is 73.2 Å². The molecule has 2 aliphatic rings. The molecule has 1 spiro atoms. The van der Waals surface area contributed by atoms with E-state index in [1.807, 2.05) is 37.3 Å². The Bertz CT molecular complexity index is 1830. The predicted octanol–water partition coefficient (Wildman–Crippen LogP) is 1.81. The number of nitrogens with two attached hydrogens (primary N) is 2. The molecule has 0 radical (unpaired) electrons. The number of nitrogens with zero attached hydrogens (tertiary/aromatic N) is 1. The number of aliphatic hydroxyl groups excluding tert-OH is 1. The Morgan fingerprint density at radius 1 is 1.04 bits per heavy atom. The largest absolute Gasteiger partial charge is 0.492 e. The van der Waals surface area contributed by atoms with Crippen LogP contribution in [0.4, 0.5) is 0 Å². The second-order valence-corrected chi connectivity index (χ2v) is 16.3. The number of nitrogens with one attached hydrogen (secondary N) is 1. The summed E-state index contributed by atoms with van der Waals surface area (Å²) in [5.41, 5.74) is 12.9.